The van der Waals surface area contributed by atoms with Crippen LogP contribution in [0.4, 0.5) is 21.9 Å². The summed E-state index contributed by atoms with van der Waals surface area (Å²) in [6.07, 6.45) is 0. The number of nitrogens with one attached hydrogen (secondary N) is 2. The Balaban J connectivity index is 1.66. The number of likely N-dealkylation sites (N-methyl/N-ethyl adjacent to an activating group) is 1. The maximum Gasteiger partial charge on any atom is 0.319 e. The Labute approximate surface area is 215 Å². The molecule has 0 saturated carbocycles. The number of carbonyl (C=O) groups is 3. The van der Waals surface area contributed by atoms with E-state index in [-0.39, 0.29) is 23.7 Å². The largest absolute Gasteiger partial charge is 0.329 e. The fraction of sp³-hybridized carbons (Fsp3) is 0.192. The molecule has 1 atom stereocenters. The van der Waals surface area contributed by atoms with Gasteiger partial charge in [0.2, 0.25) is 11.8 Å². The average molecular weight is 525 g/mol. The highest BCUT2D eigenvalue weighted by Crippen LogP contribution is 2.23. The third-order valence-corrected chi connectivity index (χ3v) is 6.81. The molecule has 0 spiro atoms. The van der Waals surface area contributed by atoms with Crippen molar-refractivity contribution < 1.29 is 27.4 Å². The predicted molar refractivity (Wildman–Crippen MR) is 142 cm³/mol. The van der Waals surface area contributed by atoms with Crippen molar-refractivity contribution >= 4 is 45.0 Å². The number of amides is 4. The van der Waals surface area contributed by atoms with Gasteiger partial charge in [0.15, 0.2) is 0 Å². The van der Waals surface area contributed by atoms with E-state index in [4.69, 9.17) is 0 Å². The van der Waals surface area contributed by atoms with Crippen LogP contribution < -0.4 is 20.4 Å². The molecular formula is C26H28N4O6S. The molecule has 3 aromatic carbocycles. The molecule has 11 heteroatoms. The predicted octanol–water partition coefficient (Wildman–Crippen LogP) is 3.45. The molecule has 0 aliphatic carbocycles. The Morgan fingerprint density at radius 2 is 1.46 bits per heavy atom. The Morgan fingerprint density at radius 1 is 0.865 bits per heavy atom. The summed E-state index contributed by atoms with van der Waals surface area (Å²) >= 11 is 0. The molecule has 3 N–H and O–H groups in total. The van der Waals surface area contributed by atoms with Gasteiger partial charge in [0.1, 0.15) is 11.8 Å². The number of hydrogen-bond acceptors (Lipinski definition) is 5. The molecule has 4 amide bonds. The highest BCUT2D eigenvalue weighted by Gasteiger charge is 2.23. The molecule has 10 nitrogen and oxygen atoms in total. The lowest BCUT2D eigenvalue weighted by Crippen LogP contribution is -2.46. The van der Waals surface area contributed by atoms with E-state index in [9.17, 15) is 27.4 Å². The average Bonchev–Trinajstić information content (AvgIpc) is 2.90. The minimum absolute atomic E-state index is 0.243. The number of nitrogens with zero attached hydrogens (tertiary/aromatic N) is 2. The van der Waals surface area contributed by atoms with E-state index in [0.717, 1.165) is 0 Å². The maximum atomic E-state index is 13.1. The van der Waals surface area contributed by atoms with Crippen LogP contribution in [0.5, 0.6) is 0 Å². The minimum atomic E-state index is -4.30. The first kappa shape index (κ1) is 27.4. The van der Waals surface area contributed by atoms with Crippen molar-refractivity contribution in [3.05, 3.63) is 90.5 Å². The zero-order valence-electron chi connectivity index (χ0n) is 20.4. The fourth-order valence-electron chi connectivity index (χ4n) is 3.44. The smallest absolute Gasteiger partial charge is 0.319 e. The molecule has 0 fully saturated rings. The van der Waals surface area contributed by atoms with Crippen molar-refractivity contribution in [1.82, 2.24) is 5.32 Å². The van der Waals surface area contributed by atoms with Gasteiger partial charge in [-0.25, -0.2) is 4.79 Å². The van der Waals surface area contributed by atoms with E-state index in [2.05, 4.69) is 10.6 Å². The van der Waals surface area contributed by atoms with E-state index in [1.54, 1.807) is 61.6 Å². The van der Waals surface area contributed by atoms with E-state index >= 15 is 0 Å². The Kier molecular flexibility index (Phi) is 8.99. The van der Waals surface area contributed by atoms with Crippen molar-refractivity contribution in [1.29, 1.82) is 0 Å². The number of urea groups is 1. The summed E-state index contributed by atoms with van der Waals surface area (Å²) in [6.45, 7) is 0.680. The summed E-state index contributed by atoms with van der Waals surface area (Å²) in [4.78, 5) is 41.2. The Hall–Kier alpha value is -4.22. The van der Waals surface area contributed by atoms with Crippen LogP contribution in [0.2, 0.25) is 0 Å². The number of benzene rings is 3. The van der Waals surface area contributed by atoms with Gasteiger partial charge in [0.25, 0.3) is 10.1 Å². The fourth-order valence-corrected chi connectivity index (χ4v) is 3.93. The number of rotatable bonds is 9. The zero-order valence-corrected chi connectivity index (χ0v) is 21.2. The summed E-state index contributed by atoms with van der Waals surface area (Å²) in [7, 11) is -2.68. The summed E-state index contributed by atoms with van der Waals surface area (Å²) in [5, 5.41) is 3.82. The molecule has 3 aromatic rings. The number of carbonyl (C=O) groups excluding carboxylic acids is 3. The van der Waals surface area contributed by atoms with Gasteiger partial charge in [0, 0.05) is 24.1 Å². The van der Waals surface area contributed by atoms with Crippen LogP contribution in [0.3, 0.4) is 0 Å². The number of para-hydroxylation sites is 2. The lowest BCUT2D eigenvalue weighted by molar-refractivity contribution is -0.121. The normalized spacial score (nSPS) is 11.8. The van der Waals surface area contributed by atoms with Crippen LogP contribution in [0, 0.1) is 0 Å². The van der Waals surface area contributed by atoms with Crippen molar-refractivity contribution in [3.8, 4) is 0 Å². The molecule has 37 heavy (non-hydrogen) atoms. The standard InChI is InChI=1S/C26H28N4O6S/c1-19(37(34,35)36)20-10-9-11-21(16-20)28-26(33)27-17-24(31)30(23-14-7-4-8-15-23)18-25(32)29(2)22-12-5-3-6-13-22/h3-16,19H,17-18H2,1-2H3,(H2,27,28,33)(H,34,35,36)/t19-/m0/s1. The van der Waals surface area contributed by atoms with Gasteiger partial charge >= 0.3 is 6.03 Å². The molecule has 0 radical (unpaired) electrons. The van der Waals surface area contributed by atoms with Gasteiger partial charge in [-0.3, -0.25) is 14.1 Å². The molecular weight excluding hydrogens is 496 g/mol. The molecule has 0 unspecified atom stereocenters. The molecule has 0 heterocycles. The lowest BCUT2D eigenvalue weighted by Gasteiger charge is -2.25. The highest BCUT2D eigenvalue weighted by atomic mass is 32.2. The summed E-state index contributed by atoms with van der Waals surface area (Å²) < 4.78 is 32.1. The quantitative estimate of drug-likeness (QED) is 0.367. The summed E-state index contributed by atoms with van der Waals surface area (Å²) in [5.41, 5.74) is 1.73. The third kappa shape index (κ3) is 7.63. The molecule has 0 bridgehead atoms. The van der Waals surface area contributed by atoms with Crippen molar-refractivity contribution in [3.63, 3.8) is 0 Å². The molecule has 0 aromatic heterocycles. The molecule has 194 valence electrons. The van der Waals surface area contributed by atoms with Crippen LogP contribution in [0.15, 0.2) is 84.9 Å². The first-order chi connectivity index (χ1) is 17.6. The molecule has 0 aliphatic heterocycles. The van der Waals surface area contributed by atoms with Gasteiger partial charge in [-0.2, -0.15) is 8.42 Å². The monoisotopic (exact) mass is 524 g/mol. The number of anilines is 3. The Morgan fingerprint density at radius 3 is 2.05 bits per heavy atom. The van der Waals surface area contributed by atoms with Crippen LogP contribution in [0.25, 0.3) is 0 Å². The van der Waals surface area contributed by atoms with Gasteiger partial charge < -0.3 is 20.4 Å². The van der Waals surface area contributed by atoms with Gasteiger partial charge in [-0.15, -0.1) is 0 Å². The van der Waals surface area contributed by atoms with Crippen LogP contribution in [0.1, 0.15) is 17.7 Å². The van der Waals surface area contributed by atoms with Gasteiger partial charge in [0.05, 0.1) is 6.54 Å². The lowest BCUT2D eigenvalue weighted by atomic mass is 10.1. The highest BCUT2D eigenvalue weighted by molar-refractivity contribution is 7.86. The SMILES string of the molecule is C[C@@H](c1cccc(NC(=O)NCC(=O)N(CC(=O)N(C)c2ccccc2)c2ccccc2)c1)S(=O)(=O)O. The van der Waals surface area contributed by atoms with Crippen LogP contribution in [-0.4, -0.2) is 51.0 Å². The van der Waals surface area contributed by atoms with Crippen LogP contribution in [-0.2, 0) is 19.7 Å². The first-order valence-electron chi connectivity index (χ1n) is 11.3. The van der Waals surface area contributed by atoms with E-state index in [1.165, 1.54) is 41.0 Å². The van der Waals surface area contributed by atoms with E-state index < -0.39 is 33.9 Å². The Bertz CT molecular complexity index is 1350. The molecule has 0 aliphatic rings. The van der Waals surface area contributed by atoms with Crippen molar-refractivity contribution in [2.24, 2.45) is 0 Å². The third-order valence-electron chi connectivity index (χ3n) is 5.64. The summed E-state index contributed by atoms with van der Waals surface area (Å²) in [6, 6.07) is 22.9. The van der Waals surface area contributed by atoms with Gasteiger partial charge in [-0.1, -0.05) is 48.5 Å². The second-order valence-electron chi connectivity index (χ2n) is 8.19. The minimum Gasteiger partial charge on any atom is -0.329 e. The number of hydrogen-bond donors (Lipinski definition) is 3. The zero-order chi connectivity index (χ0) is 27.0. The van der Waals surface area contributed by atoms with Crippen molar-refractivity contribution in [2.45, 2.75) is 12.2 Å². The molecule has 3 rings (SSSR count). The van der Waals surface area contributed by atoms with Crippen molar-refractivity contribution in [2.75, 3.05) is 35.3 Å². The van der Waals surface area contributed by atoms with Crippen LogP contribution >= 0.6 is 0 Å². The summed E-state index contributed by atoms with van der Waals surface area (Å²) in [5.74, 6) is -0.831. The maximum absolute atomic E-state index is 13.1. The van der Waals surface area contributed by atoms with E-state index in [1.807, 2.05) is 6.07 Å². The second kappa shape index (κ2) is 12.2. The topological polar surface area (TPSA) is 136 Å². The molecule has 0 saturated heterocycles. The van der Waals surface area contributed by atoms with Gasteiger partial charge in [-0.05, 0) is 48.9 Å². The van der Waals surface area contributed by atoms with E-state index in [0.29, 0.717) is 11.4 Å². The second-order valence-corrected chi connectivity index (χ2v) is 9.93. The first-order valence-corrected chi connectivity index (χ1v) is 12.8.